The third kappa shape index (κ3) is 7.77. The molecule has 174 valence electrons. The summed E-state index contributed by atoms with van der Waals surface area (Å²) < 4.78 is 16.2. The maximum absolute atomic E-state index is 13.0. The molecule has 0 bridgehead atoms. The van der Waals surface area contributed by atoms with Gasteiger partial charge in [-0.2, -0.15) is 0 Å². The summed E-state index contributed by atoms with van der Waals surface area (Å²) in [7, 11) is 1.45. The molecule has 2 saturated heterocycles. The standard InChI is InChI=1S/C21H38N2O7/c1-16(24)23-10-5-9-22(21(27)17-6-12-29-13-7-17)8-3-4-11-30-15-18(25)20(26)19(14-23)28-2/h17-20,25-26H,3-15H2,1-2H3/t18-,19-,20-/m0/s1. The smallest absolute Gasteiger partial charge is 0.225 e. The van der Waals surface area contributed by atoms with Gasteiger partial charge in [-0.05, 0) is 32.1 Å². The highest BCUT2D eigenvalue weighted by molar-refractivity contribution is 5.79. The van der Waals surface area contributed by atoms with E-state index in [2.05, 4.69) is 0 Å². The van der Waals surface area contributed by atoms with Crippen LogP contribution in [-0.2, 0) is 23.8 Å². The van der Waals surface area contributed by atoms with Crippen molar-refractivity contribution in [3.05, 3.63) is 0 Å². The predicted molar refractivity (Wildman–Crippen MR) is 110 cm³/mol. The summed E-state index contributed by atoms with van der Waals surface area (Å²) in [5.41, 5.74) is 0. The fourth-order valence-corrected chi connectivity index (χ4v) is 3.96. The highest BCUT2D eigenvalue weighted by Crippen LogP contribution is 2.19. The first-order chi connectivity index (χ1) is 14.4. The van der Waals surface area contributed by atoms with Gasteiger partial charge in [0.2, 0.25) is 11.8 Å². The van der Waals surface area contributed by atoms with Gasteiger partial charge < -0.3 is 34.2 Å². The second kappa shape index (κ2) is 13.2. The number of aliphatic hydroxyl groups excluding tert-OH is 2. The number of hydrogen-bond acceptors (Lipinski definition) is 7. The fourth-order valence-electron chi connectivity index (χ4n) is 3.96. The number of methoxy groups -OCH3 is 1. The molecule has 0 aliphatic carbocycles. The number of aliphatic hydroxyl groups is 2. The van der Waals surface area contributed by atoms with Crippen molar-refractivity contribution in [3.63, 3.8) is 0 Å². The molecule has 2 aliphatic rings. The van der Waals surface area contributed by atoms with Crippen LogP contribution in [0.4, 0.5) is 0 Å². The van der Waals surface area contributed by atoms with Gasteiger partial charge in [0.05, 0.1) is 6.61 Å². The van der Waals surface area contributed by atoms with Crippen LogP contribution in [0.1, 0.15) is 39.0 Å². The topological polar surface area (TPSA) is 109 Å². The SMILES string of the molecule is CO[C@H]1CN(C(C)=O)CCCN(C(=O)C2CCOCC2)CCCCOC[C@H](O)[C@@H]1O. The first-order valence-corrected chi connectivity index (χ1v) is 11.0. The lowest BCUT2D eigenvalue weighted by atomic mass is 9.98. The third-order valence-electron chi connectivity index (χ3n) is 5.92. The number of ether oxygens (including phenoxy) is 3. The van der Waals surface area contributed by atoms with Crippen molar-refractivity contribution in [1.29, 1.82) is 0 Å². The molecule has 9 heteroatoms. The Morgan fingerprint density at radius 1 is 0.933 bits per heavy atom. The van der Waals surface area contributed by atoms with E-state index in [-0.39, 0.29) is 30.9 Å². The summed E-state index contributed by atoms with van der Waals surface area (Å²) in [6.45, 7) is 4.99. The monoisotopic (exact) mass is 430 g/mol. The lowest BCUT2D eigenvalue weighted by Gasteiger charge is -2.32. The van der Waals surface area contributed by atoms with Crippen molar-refractivity contribution in [2.24, 2.45) is 5.92 Å². The van der Waals surface area contributed by atoms with Crippen molar-refractivity contribution in [1.82, 2.24) is 9.80 Å². The maximum atomic E-state index is 13.0. The second-order valence-electron chi connectivity index (χ2n) is 8.14. The van der Waals surface area contributed by atoms with Crippen molar-refractivity contribution in [2.75, 3.05) is 59.7 Å². The first kappa shape index (κ1) is 25.0. The maximum Gasteiger partial charge on any atom is 0.225 e. The van der Waals surface area contributed by atoms with Crippen LogP contribution in [0.15, 0.2) is 0 Å². The van der Waals surface area contributed by atoms with Gasteiger partial charge >= 0.3 is 0 Å². The van der Waals surface area contributed by atoms with Crippen LogP contribution in [0.2, 0.25) is 0 Å². The fraction of sp³-hybridized carbons (Fsp3) is 0.905. The summed E-state index contributed by atoms with van der Waals surface area (Å²) >= 11 is 0. The molecular formula is C21H38N2O7. The van der Waals surface area contributed by atoms with Crippen molar-refractivity contribution >= 4 is 11.8 Å². The third-order valence-corrected chi connectivity index (χ3v) is 5.92. The Hall–Kier alpha value is -1.26. The molecule has 2 rings (SSSR count). The molecule has 0 saturated carbocycles. The summed E-state index contributed by atoms with van der Waals surface area (Å²) in [4.78, 5) is 28.6. The number of carbonyl (C=O) groups excluding carboxylic acids is 2. The summed E-state index contributed by atoms with van der Waals surface area (Å²) in [6.07, 6.45) is 0.720. The van der Waals surface area contributed by atoms with Crippen LogP contribution in [0.25, 0.3) is 0 Å². The average molecular weight is 431 g/mol. The van der Waals surface area contributed by atoms with Gasteiger partial charge in [-0.3, -0.25) is 9.59 Å². The molecule has 0 aromatic rings. The molecule has 2 N–H and O–H groups in total. The van der Waals surface area contributed by atoms with E-state index in [1.165, 1.54) is 14.0 Å². The number of nitrogens with zero attached hydrogens (tertiary/aromatic N) is 2. The van der Waals surface area contributed by atoms with Crippen LogP contribution < -0.4 is 0 Å². The molecule has 0 aromatic heterocycles. The zero-order valence-corrected chi connectivity index (χ0v) is 18.3. The minimum Gasteiger partial charge on any atom is -0.388 e. The zero-order chi connectivity index (χ0) is 21.9. The van der Waals surface area contributed by atoms with Gasteiger partial charge in [-0.1, -0.05) is 0 Å². The molecule has 0 spiro atoms. The van der Waals surface area contributed by atoms with E-state index >= 15 is 0 Å². The largest absolute Gasteiger partial charge is 0.388 e. The molecule has 0 unspecified atom stereocenters. The molecule has 0 aromatic carbocycles. The Balaban J connectivity index is 2.05. The quantitative estimate of drug-likeness (QED) is 0.636. The van der Waals surface area contributed by atoms with E-state index in [9.17, 15) is 19.8 Å². The lowest BCUT2D eigenvalue weighted by molar-refractivity contribution is -0.139. The Morgan fingerprint density at radius 3 is 2.27 bits per heavy atom. The van der Waals surface area contributed by atoms with E-state index in [1.54, 1.807) is 4.90 Å². The number of amides is 2. The van der Waals surface area contributed by atoms with Gasteiger partial charge in [0.1, 0.15) is 18.3 Å². The van der Waals surface area contributed by atoms with E-state index < -0.39 is 18.3 Å². The molecule has 2 aliphatic heterocycles. The first-order valence-electron chi connectivity index (χ1n) is 11.0. The highest BCUT2D eigenvalue weighted by atomic mass is 16.5. The van der Waals surface area contributed by atoms with Crippen LogP contribution in [0.3, 0.4) is 0 Å². The van der Waals surface area contributed by atoms with Gasteiger partial charge in [-0.25, -0.2) is 0 Å². The molecule has 2 heterocycles. The summed E-state index contributed by atoms with van der Waals surface area (Å²) in [6, 6.07) is 0. The molecular weight excluding hydrogens is 392 g/mol. The van der Waals surface area contributed by atoms with E-state index in [0.29, 0.717) is 45.9 Å². The van der Waals surface area contributed by atoms with E-state index in [1.807, 2.05) is 4.90 Å². The van der Waals surface area contributed by atoms with Crippen LogP contribution in [0.5, 0.6) is 0 Å². The predicted octanol–water partition coefficient (Wildman–Crippen LogP) is 0.0274. The molecule has 2 fully saturated rings. The molecule has 9 nitrogen and oxygen atoms in total. The second-order valence-corrected chi connectivity index (χ2v) is 8.14. The van der Waals surface area contributed by atoms with Crippen molar-refractivity contribution in [3.8, 4) is 0 Å². The van der Waals surface area contributed by atoms with Crippen molar-refractivity contribution < 1.29 is 34.0 Å². The number of carbonyl (C=O) groups is 2. The minimum atomic E-state index is -1.16. The van der Waals surface area contributed by atoms with Crippen LogP contribution in [0, 0.1) is 5.92 Å². The Morgan fingerprint density at radius 2 is 1.60 bits per heavy atom. The van der Waals surface area contributed by atoms with Crippen LogP contribution >= 0.6 is 0 Å². The summed E-state index contributed by atoms with van der Waals surface area (Å²) in [5.74, 6) is 0.0318. The lowest BCUT2D eigenvalue weighted by Crippen LogP contribution is -2.48. The van der Waals surface area contributed by atoms with E-state index in [0.717, 1.165) is 25.7 Å². The zero-order valence-electron chi connectivity index (χ0n) is 18.3. The highest BCUT2D eigenvalue weighted by Gasteiger charge is 2.30. The number of rotatable bonds is 2. The van der Waals surface area contributed by atoms with Gasteiger partial charge in [0, 0.05) is 66.0 Å². The Labute approximate surface area is 179 Å². The molecule has 2 amide bonds. The normalized spacial score (nSPS) is 29.1. The van der Waals surface area contributed by atoms with Gasteiger partial charge in [-0.15, -0.1) is 0 Å². The van der Waals surface area contributed by atoms with Gasteiger partial charge in [0.25, 0.3) is 0 Å². The Bertz CT molecular complexity index is 527. The minimum absolute atomic E-state index is 0.00385. The summed E-state index contributed by atoms with van der Waals surface area (Å²) in [5, 5.41) is 20.6. The average Bonchev–Trinajstić information content (AvgIpc) is 2.76. The Kier molecular flexibility index (Phi) is 11.0. The van der Waals surface area contributed by atoms with Crippen molar-refractivity contribution in [2.45, 2.75) is 57.3 Å². The molecule has 0 radical (unpaired) electrons. The van der Waals surface area contributed by atoms with Gasteiger partial charge in [0.15, 0.2) is 0 Å². The number of hydrogen-bond donors (Lipinski definition) is 2. The van der Waals surface area contributed by atoms with E-state index in [4.69, 9.17) is 14.2 Å². The molecule has 3 atom stereocenters. The van der Waals surface area contributed by atoms with Crippen LogP contribution in [-0.4, -0.2) is 110 Å². The molecule has 30 heavy (non-hydrogen) atoms.